The van der Waals surface area contributed by atoms with Crippen LogP contribution in [0.4, 0.5) is 0 Å². The minimum absolute atomic E-state index is 0.116. The Morgan fingerprint density at radius 1 is 1.19 bits per heavy atom. The van der Waals surface area contributed by atoms with Crippen molar-refractivity contribution in [2.45, 2.75) is 57.2 Å². The molecule has 0 spiro atoms. The van der Waals surface area contributed by atoms with Gasteiger partial charge in [0.15, 0.2) is 0 Å². The van der Waals surface area contributed by atoms with Gasteiger partial charge in [0.05, 0.1) is 12.2 Å². The summed E-state index contributed by atoms with van der Waals surface area (Å²) in [5.74, 6) is 1.88. The second kappa shape index (κ2) is 4.47. The van der Waals surface area contributed by atoms with E-state index in [-0.39, 0.29) is 5.41 Å². The topological polar surface area (TPSA) is 60.7 Å². The highest BCUT2D eigenvalue weighted by molar-refractivity contribution is 5.40. The highest BCUT2D eigenvalue weighted by Crippen LogP contribution is 2.60. The summed E-state index contributed by atoms with van der Waals surface area (Å²) < 4.78 is 0. The van der Waals surface area contributed by atoms with Crippen LogP contribution in [0.25, 0.3) is 0 Å². The summed E-state index contributed by atoms with van der Waals surface area (Å²) in [6.07, 6.45) is 3.80. The van der Waals surface area contributed by atoms with E-state index in [1.54, 1.807) is 6.07 Å². The number of aliphatic hydroxyl groups excluding tert-OH is 2. The summed E-state index contributed by atoms with van der Waals surface area (Å²) in [5, 5.41) is 30.2. The highest BCUT2D eigenvalue weighted by atomic mass is 16.3. The van der Waals surface area contributed by atoms with Crippen LogP contribution in [-0.2, 0) is 6.42 Å². The van der Waals surface area contributed by atoms with Crippen molar-refractivity contribution in [3.05, 3.63) is 29.3 Å². The first kappa shape index (κ1) is 13.6. The predicted molar refractivity (Wildman–Crippen MR) is 80.1 cm³/mol. The third-order valence-corrected chi connectivity index (χ3v) is 6.68. The molecule has 0 saturated heterocycles. The summed E-state index contributed by atoms with van der Waals surface area (Å²) >= 11 is 0. The van der Waals surface area contributed by atoms with E-state index in [0.29, 0.717) is 23.5 Å². The molecule has 6 atom stereocenters. The Hall–Kier alpha value is -1.06. The van der Waals surface area contributed by atoms with Gasteiger partial charge in [0.1, 0.15) is 5.75 Å². The van der Waals surface area contributed by atoms with Crippen molar-refractivity contribution in [2.24, 2.45) is 17.3 Å². The molecule has 0 unspecified atom stereocenters. The van der Waals surface area contributed by atoms with Crippen LogP contribution >= 0.6 is 0 Å². The summed E-state index contributed by atoms with van der Waals surface area (Å²) in [6, 6.07) is 5.80. The molecule has 0 amide bonds. The van der Waals surface area contributed by atoms with Crippen LogP contribution in [0.3, 0.4) is 0 Å². The van der Waals surface area contributed by atoms with Crippen molar-refractivity contribution in [1.82, 2.24) is 0 Å². The van der Waals surface area contributed by atoms with Crippen molar-refractivity contribution < 1.29 is 15.3 Å². The molecule has 0 bridgehead atoms. The van der Waals surface area contributed by atoms with E-state index in [1.807, 2.05) is 6.07 Å². The molecule has 3 aliphatic carbocycles. The minimum atomic E-state index is -0.565. The highest BCUT2D eigenvalue weighted by Gasteiger charge is 2.57. The summed E-state index contributed by atoms with van der Waals surface area (Å²) in [5.41, 5.74) is 2.57. The van der Waals surface area contributed by atoms with E-state index in [2.05, 4.69) is 13.0 Å². The fourth-order valence-electron chi connectivity index (χ4n) is 5.56. The average Bonchev–Trinajstić information content (AvgIpc) is 2.70. The van der Waals surface area contributed by atoms with Crippen LogP contribution in [0.15, 0.2) is 18.2 Å². The molecule has 0 aromatic heterocycles. The molecule has 3 heteroatoms. The SMILES string of the molecule is C[C@]12CC[C@@H]3c4ccc(O)cc4CC[C@@H]3[C@H]1C[C@@H](O)[C@@H]2O. The molecule has 4 rings (SSSR count). The van der Waals surface area contributed by atoms with E-state index < -0.39 is 12.2 Å². The molecular weight excluding hydrogens is 264 g/mol. The fourth-order valence-corrected chi connectivity index (χ4v) is 5.56. The van der Waals surface area contributed by atoms with Gasteiger partial charge in [-0.05, 0) is 78.5 Å². The van der Waals surface area contributed by atoms with Crippen molar-refractivity contribution in [2.75, 3.05) is 0 Å². The van der Waals surface area contributed by atoms with Gasteiger partial charge in [-0.2, -0.15) is 0 Å². The molecule has 1 aromatic rings. The van der Waals surface area contributed by atoms with Gasteiger partial charge in [-0.15, -0.1) is 0 Å². The number of phenols is 1. The first-order valence-corrected chi connectivity index (χ1v) is 8.18. The van der Waals surface area contributed by atoms with Crippen molar-refractivity contribution in [3.63, 3.8) is 0 Å². The molecule has 3 N–H and O–H groups in total. The average molecular weight is 288 g/mol. The van der Waals surface area contributed by atoms with Crippen LogP contribution in [0.2, 0.25) is 0 Å². The Morgan fingerprint density at radius 2 is 2.00 bits per heavy atom. The van der Waals surface area contributed by atoms with Gasteiger partial charge < -0.3 is 15.3 Å². The van der Waals surface area contributed by atoms with Crippen LogP contribution in [0.1, 0.15) is 49.7 Å². The molecule has 3 nitrogen and oxygen atoms in total. The van der Waals surface area contributed by atoms with E-state index in [1.165, 1.54) is 11.1 Å². The molecule has 114 valence electrons. The molecular formula is C18H24O3. The Morgan fingerprint density at radius 3 is 2.81 bits per heavy atom. The third kappa shape index (κ3) is 1.80. The van der Waals surface area contributed by atoms with E-state index in [0.717, 1.165) is 32.1 Å². The second-order valence-electron chi connectivity index (χ2n) is 7.59. The largest absolute Gasteiger partial charge is 0.508 e. The maximum absolute atomic E-state index is 10.4. The Labute approximate surface area is 125 Å². The van der Waals surface area contributed by atoms with Gasteiger partial charge in [0.2, 0.25) is 0 Å². The van der Waals surface area contributed by atoms with Crippen LogP contribution in [-0.4, -0.2) is 27.5 Å². The molecule has 21 heavy (non-hydrogen) atoms. The van der Waals surface area contributed by atoms with Crippen LogP contribution in [0, 0.1) is 17.3 Å². The van der Waals surface area contributed by atoms with Gasteiger partial charge in [-0.1, -0.05) is 13.0 Å². The van der Waals surface area contributed by atoms with E-state index >= 15 is 0 Å². The summed E-state index contributed by atoms with van der Waals surface area (Å²) in [6.45, 7) is 2.17. The number of hydrogen-bond acceptors (Lipinski definition) is 3. The van der Waals surface area contributed by atoms with Crippen LogP contribution in [0.5, 0.6) is 5.75 Å². The quantitative estimate of drug-likeness (QED) is 0.687. The van der Waals surface area contributed by atoms with Gasteiger partial charge >= 0.3 is 0 Å². The number of aromatic hydroxyl groups is 1. The number of aryl methyl sites for hydroxylation is 1. The first-order chi connectivity index (χ1) is 10.0. The zero-order valence-electron chi connectivity index (χ0n) is 12.5. The number of aliphatic hydroxyl groups is 2. The standard InChI is InChI=1S/C18H24O3/c1-18-7-6-13-12-5-3-11(19)8-10(12)2-4-14(13)15(18)9-16(20)17(18)21/h3,5,8,13-17,19-21H,2,4,6-7,9H2,1H3/t13-,14+,15-,16-,17+,18+/m1/s1. The Bertz CT molecular complexity index is 570. The van der Waals surface area contributed by atoms with E-state index in [4.69, 9.17) is 0 Å². The summed E-state index contributed by atoms with van der Waals surface area (Å²) in [4.78, 5) is 0. The van der Waals surface area contributed by atoms with E-state index in [9.17, 15) is 15.3 Å². The van der Waals surface area contributed by atoms with Gasteiger partial charge in [0.25, 0.3) is 0 Å². The molecule has 2 fully saturated rings. The normalized spacial score (nSPS) is 44.8. The van der Waals surface area contributed by atoms with Crippen molar-refractivity contribution in [3.8, 4) is 5.75 Å². The second-order valence-corrected chi connectivity index (χ2v) is 7.59. The maximum Gasteiger partial charge on any atom is 0.115 e. The number of phenolic OH excluding ortho intramolecular Hbond substituents is 1. The first-order valence-electron chi connectivity index (χ1n) is 8.18. The third-order valence-electron chi connectivity index (χ3n) is 6.68. The molecule has 0 heterocycles. The van der Waals surface area contributed by atoms with Crippen LogP contribution < -0.4 is 0 Å². The Balaban J connectivity index is 1.71. The summed E-state index contributed by atoms with van der Waals surface area (Å²) in [7, 11) is 0. The maximum atomic E-state index is 10.4. The van der Waals surface area contributed by atoms with Gasteiger partial charge in [0, 0.05) is 0 Å². The lowest BCUT2D eigenvalue weighted by Gasteiger charge is -2.49. The molecule has 2 saturated carbocycles. The lowest BCUT2D eigenvalue weighted by Crippen LogP contribution is -2.44. The van der Waals surface area contributed by atoms with Gasteiger partial charge in [-0.25, -0.2) is 0 Å². The number of benzene rings is 1. The van der Waals surface area contributed by atoms with Gasteiger partial charge in [-0.3, -0.25) is 0 Å². The molecule has 0 radical (unpaired) electrons. The minimum Gasteiger partial charge on any atom is -0.508 e. The smallest absolute Gasteiger partial charge is 0.115 e. The molecule has 3 aliphatic rings. The number of fused-ring (bicyclic) bond motifs is 5. The lowest BCUT2D eigenvalue weighted by atomic mass is 9.55. The molecule has 0 aliphatic heterocycles. The fraction of sp³-hybridized carbons (Fsp3) is 0.667. The molecule has 1 aromatic carbocycles. The zero-order valence-corrected chi connectivity index (χ0v) is 12.5. The van der Waals surface area contributed by atoms with Crippen molar-refractivity contribution >= 4 is 0 Å². The number of rotatable bonds is 0. The monoisotopic (exact) mass is 288 g/mol. The number of hydrogen-bond donors (Lipinski definition) is 3. The Kier molecular flexibility index (Phi) is 2.89. The van der Waals surface area contributed by atoms with Crippen molar-refractivity contribution in [1.29, 1.82) is 0 Å². The zero-order chi connectivity index (χ0) is 14.8. The predicted octanol–water partition coefficient (Wildman–Crippen LogP) is 2.58. The lowest BCUT2D eigenvalue weighted by molar-refractivity contribution is -0.0505.